The molecule has 0 amide bonds. The first-order valence-corrected chi connectivity index (χ1v) is 12.5. The van der Waals surface area contributed by atoms with Gasteiger partial charge in [0, 0.05) is 29.7 Å². The van der Waals surface area contributed by atoms with Gasteiger partial charge in [0.25, 0.3) is 11.1 Å². The fourth-order valence-electron chi connectivity index (χ4n) is 4.10. The van der Waals surface area contributed by atoms with Crippen LogP contribution in [0.1, 0.15) is 42.6 Å². The quantitative estimate of drug-likeness (QED) is 0.222. The lowest BCUT2D eigenvalue weighted by atomic mass is 9.99. The van der Waals surface area contributed by atoms with E-state index in [0.29, 0.717) is 40.7 Å². The number of halogens is 1. The minimum Gasteiger partial charge on any atom is -0.412 e. The second-order valence-corrected chi connectivity index (χ2v) is 9.57. The molecular weight excluding hydrogens is 451 g/mol. The first-order chi connectivity index (χ1) is 16.6. The van der Waals surface area contributed by atoms with E-state index in [0.717, 1.165) is 37.0 Å². The highest BCUT2D eigenvalue weighted by Gasteiger charge is 2.19. The SMILES string of the molecule is CC1C=C(c2nnc(SCCCCc3noc(-c4ccc(F)cc4)n3)o2)Cc2ccccc2C1. The van der Waals surface area contributed by atoms with Gasteiger partial charge in [-0.3, -0.25) is 0 Å². The van der Waals surface area contributed by atoms with Gasteiger partial charge in [-0.15, -0.1) is 10.2 Å². The summed E-state index contributed by atoms with van der Waals surface area (Å²) >= 11 is 1.57. The Labute approximate surface area is 201 Å². The molecule has 5 rings (SSSR count). The van der Waals surface area contributed by atoms with Gasteiger partial charge < -0.3 is 8.94 Å². The third-order valence-electron chi connectivity index (χ3n) is 5.79. The summed E-state index contributed by atoms with van der Waals surface area (Å²) in [6.07, 6.45) is 6.68. The molecule has 1 aliphatic rings. The number of nitrogens with zero attached hydrogens (tertiary/aromatic N) is 4. The summed E-state index contributed by atoms with van der Waals surface area (Å²) in [5.74, 6) is 2.68. The summed E-state index contributed by atoms with van der Waals surface area (Å²) in [5, 5.41) is 13.2. The van der Waals surface area contributed by atoms with Gasteiger partial charge in [0.05, 0.1) is 0 Å². The molecule has 1 unspecified atom stereocenters. The van der Waals surface area contributed by atoms with Crippen LogP contribution >= 0.6 is 11.8 Å². The molecule has 2 aromatic heterocycles. The Morgan fingerprint density at radius 1 is 1.00 bits per heavy atom. The lowest BCUT2D eigenvalue weighted by molar-refractivity contribution is 0.421. The molecule has 0 spiro atoms. The van der Waals surface area contributed by atoms with E-state index in [-0.39, 0.29) is 5.82 Å². The lowest BCUT2D eigenvalue weighted by Gasteiger charge is -2.06. The molecule has 4 aromatic rings. The molecule has 0 aliphatic heterocycles. The van der Waals surface area contributed by atoms with Gasteiger partial charge >= 0.3 is 0 Å². The number of thioether (sulfide) groups is 1. The van der Waals surface area contributed by atoms with E-state index in [2.05, 4.69) is 57.6 Å². The minimum atomic E-state index is -0.291. The van der Waals surface area contributed by atoms with Crippen molar-refractivity contribution in [3.05, 3.63) is 83.3 Å². The summed E-state index contributed by atoms with van der Waals surface area (Å²) in [5.41, 5.74) is 4.53. The second-order valence-electron chi connectivity index (χ2n) is 8.52. The first kappa shape index (κ1) is 22.5. The number of fused-ring (bicyclic) bond motifs is 1. The fraction of sp³-hybridized carbons (Fsp3) is 0.308. The summed E-state index contributed by atoms with van der Waals surface area (Å²) in [6.45, 7) is 2.22. The molecule has 0 radical (unpaired) electrons. The highest BCUT2D eigenvalue weighted by atomic mass is 32.2. The molecule has 2 heterocycles. The van der Waals surface area contributed by atoms with E-state index in [1.165, 1.54) is 23.3 Å². The number of hydrogen-bond acceptors (Lipinski definition) is 7. The molecule has 1 atom stereocenters. The fourth-order valence-corrected chi connectivity index (χ4v) is 4.86. The number of aromatic nitrogens is 4. The van der Waals surface area contributed by atoms with Gasteiger partial charge in [-0.05, 0) is 60.6 Å². The molecular formula is C26H25FN4O2S. The largest absolute Gasteiger partial charge is 0.412 e. The standard InChI is InChI=1S/C26H25FN4O2S/c1-17-14-19-6-2-3-7-20(19)16-21(15-17)25-29-30-26(32-25)34-13-5-4-8-23-28-24(33-31-23)18-9-11-22(27)12-10-18/h2-3,6-7,9-12,15,17H,4-5,8,13-14,16H2,1H3. The Morgan fingerprint density at radius 2 is 1.82 bits per heavy atom. The van der Waals surface area contributed by atoms with Crippen LogP contribution in [0.5, 0.6) is 0 Å². The Hall–Kier alpha value is -3.26. The lowest BCUT2D eigenvalue weighted by Crippen LogP contribution is -1.95. The first-order valence-electron chi connectivity index (χ1n) is 11.5. The molecule has 0 saturated carbocycles. The number of allylic oxidation sites excluding steroid dienone is 2. The van der Waals surface area contributed by atoms with Crippen molar-refractivity contribution >= 4 is 17.3 Å². The zero-order valence-corrected chi connectivity index (χ0v) is 19.7. The number of unbranched alkanes of at least 4 members (excludes halogenated alkanes) is 1. The average Bonchev–Trinajstić information content (AvgIpc) is 3.47. The van der Waals surface area contributed by atoms with Gasteiger partial charge in [0.15, 0.2) is 5.82 Å². The maximum absolute atomic E-state index is 13.1. The topological polar surface area (TPSA) is 77.8 Å². The Balaban J connectivity index is 1.10. The molecule has 0 N–H and O–H groups in total. The van der Waals surface area contributed by atoms with Crippen molar-refractivity contribution in [2.75, 3.05) is 5.75 Å². The van der Waals surface area contributed by atoms with E-state index in [1.54, 1.807) is 23.9 Å². The van der Waals surface area contributed by atoms with Crippen molar-refractivity contribution in [2.24, 2.45) is 5.92 Å². The maximum Gasteiger partial charge on any atom is 0.276 e. The van der Waals surface area contributed by atoms with Crippen molar-refractivity contribution < 1.29 is 13.3 Å². The molecule has 0 bridgehead atoms. The van der Waals surface area contributed by atoms with Crippen LogP contribution in [0.25, 0.3) is 17.0 Å². The second kappa shape index (κ2) is 10.3. The predicted octanol–water partition coefficient (Wildman–Crippen LogP) is 6.19. The Morgan fingerprint density at radius 3 is 2.68 bits per heavy atom. The van der Waals surface area contributed by atoms with Crippen LogP contribution in [0.2, 0.25) is 0 Å². The molecule has 8 heteroatoms. The molecule has 0 fully saturated rings. The van der Waals surface area contributed by atoms with Crippen LogP contribution in [0.3, 0.4) is 0 Å². The van der Waals surface area contributed by atoms with Crippen molar-refractivity contribution in [1.82, 2.24) is 20.3 Å². The van der Waals surface area contributed by atoms with Crippen LogP contribution in [0, 0.1) is 11.7 Å². The van der Waals surface area contributed by atoms with Gasteiger partial charge in [0.2, 0.25) is 5.89 Å². The number of rotatable bonds is 8. The zero-order chi connectivity index (χ0) is 23.3. The Bertz CT molecular complexity index is 1280. The summed E-state index contributed by atoms with van der Waals surface area (Å²) in [4.78, 5) is 4.40. The van der Waals surface area contributed by atoms with E-state index >= 15 is 0 Å². The molecule has 6 nitrogen and oxygen atoms in total. The van der Waals surface area contributed by atoms with Crippen molar-refractivity contribution in [1.29, 1.82) is 0 Å². The predicted molar refractivity (Wildman–Crippen MR) is 129 cm³/mol. The summed E-state index contributed by atoms with van der Waals surface area (Å²) in [6, 6.07) is 14.6. The molecule has 174 valence electrons. The summed E-state index contributed by atoms with van der Waals surface area (Å²) < 4.78 is 24.3. The third-order valence-corrected chi connectivity index (χ3v) is 6.69. The van der Waals surface area contributed by atoms with Crippen LogP contribution in [0.15, 0.2) is 68.8 Å². The van der Waals surface area contributed by atoms with Crippen LogP contribution in [0.4, 0.5) is 4.39 Å². The van der Waals surface area contributed by atoms with Crippen LogP contribution in [-0.2, 0) is 19.3 Å². The van der Waals surface area contributed by atoms with Gasteiger partial charge in [-0.2, -0.15) is 4.98 Å². The number of benzene rings is 2. The average molecular weight is 477 g/mol. The number of hydrogen-bond donors (Lipinski definition) is 0. The minimum absolute atomic E-state index is 0.291. The zero-order valence-electron chi connectivity index (χ0n) is 18.9. The van der Waals surface area contributed by atoms with Gasteiger partial charge in [-0.25, -0.2) is 4.39 Å². The van der Waals surface area contributed by atoms with E-state index in [1.807, 2.05) is 0 Å². The van der Waals surface area contributed by atoms with E-state index < -0.39 is 0 Å². The Kier molecular flexibility index (Phi) is 6.85. The summed E-state index contributed by atoms with van der Waals surface area (Å²) in [7, 11) is 0. The third kappa shape index (κ3) is 5.44. The highest BCUT2D eigenvalue weighted by Crippen LogP contribution is 2.30. The van der Waals surface area contributed by atoms with Crippen LogP contribution in [-0.4, -0.2) is 26.1 Å². The van der Waals surface area contributed by atoms with Crippen molar-refractivity contribution in [2.45, 2.75) is 44.3 Å². The van der Waals surface area contributed by atoms with Crippen LogP contribution < -0.4 is 0 Å². The van der Waals surface area contributed by atoms with Gasteiger partial charge in [0.1, 0.15) is 5.82 Å². The van der Waals surface area contributed by atoms with E-state index in [4.69, 9.17) is 8.94 Å². The molecule has 0 saturated heterocycles. The monoisotopic (exact) mass is 476 g/mol. The van der Waals surface area contributed by atoms with Crippen molar-refractivity contribution in [3.8, 4) is 11.5 Å². The maximum atomic E-state index is 13.1. The molecule has 2 aromatic carbocycles. The smallest absolute Gasteiger partial charge is 0.276 e. The highest BCUT2D eigenvalue weighted by molar-refractivity contribution is 7.99. The van der Waals surface area contributed by atoms with E-state index in [9.17, 15) is 4.39 Å². The normalized spacial score (nSPS) is 15.6. The molecule has 34 heavy (non-hydrogen) atoms. The van der Waals surface area contributed by atoms with Crippen molar-refractivity contribution in [3.63, 3.8) is 0 Å². The molecule has 1 aliphatic carbocycles. The van der Waals surface area contributed by atoms with Gasteiger partial charge in [-0.1, -0.05) is 54.2 Å². The number of aryl methyl sites for hydroxylation is 1.